The van der Waals surface area contributed by atoms with E-state index in [0.717, 1.165) is 18.4 Å². The molecule has 1 N–H and O–H groups in total. The van der Waals surface area contributed by atoms with Gasteiger partial charge in [-0.2, -0.15) is 0 Å². The molecule has 0 aromatic carbocycles. The lowest BCUT2D eigenvalue weighted by Crippen LogP contribution is -2.45. The summed E-state index contributed by atoms with van der Waals surface area (Å²) in [6.45, 7) is 2.96. The third kappa shape index (κ3) is 2.73. The van der Waals surface area contributed by atoms with Crippen LogP contribution in [0.3, 0.4) is 0 Å². The maximum Gasteiger partial charge on any atom is 0.254 e. The third-order valence-corrected chi connectivity index (χ3v) is 4.52. The molecule has 20 heavy (non-hydrogen) atoms. The van der Waals surface area contributed by atoms with E-state index >= 15 is 0 Å². The first-order valence-electron chi connectivity index (χ1n) is 6.85. The molecule has 1 saturated heterocycles. The summed E-state index contributed by atoms with van der Waals surface area (Å²) < 4.78 is 0. The molecule has 0 spiro atoms. The smallest absolute Gasteiger partial charge is 0.254 e. The fourth-order valence-electron chi connectivity index (χ4n) is 2.85. The number of likely N-dealkylation sites (tertiary alicyclic amines) is 1. The summed E-state index contributed by atoms with van der Waals surface area (Å²) >= 11 is 5.88. The van der Waals surface area contributed by atoms with Gasteiger partial charge in [0.2, 0.25) is 5.91 Å². The molecule has 0 saturated carbocycles. The van der Waals surface area contributed by atoms with Crippen molar-refractivity contribution in [1.29, 1.82) is 5.41 Å². The average Bonchev–Trinajstić information content (AvgIpc) is 2.45. The maximum atomic E-state index is 12.3. The molecule has 5 nitrogen and oxygen atoms in total. The molecule has 1 fully saturated rings. The molecule has 1 atom stereocenters. The van der Waals surface area contributed by atoms with Crippen LogP contribution in [0.1, 0.15) is 19.8 Å². The molecule has 2 heterocycles. The van der Waals surface area contributed by atoms with E-state index in [9.17, 15) is 9.59 Å². The average molecular weight is 298 g/mol. The van der Waals surface area contributed by atoms with Gasteiger partial charge in [-0.15, -0.1) is 11.6 Å². The highest BCUT2D eigenvalue weighted by Gasteiger charge is 2.34. The lowest BCUT2D eigenvalue weighted by Gasteiger charge is -2.36. The minimum Gasteiger partial charge on any atom is -0.343 e. The summed E-state index contributed by atoms with van der Waals surface area (Å²) in [5, 5.41) is 7.90. The van der Waals surface area contributed by atoms with Crippen LogP contribution in [-0.2, 0) is 9.59 Å². The highest BCUT2D eigenvalue weighted by atomic mass is 35.5. The first-order chi connectivity index (χ1) is 9.45. The Bertz CT molecular complexity index is 467. The molecule has 0 radical (unpaired) electrons. The fraction of sp³-hybridized carbons (Fsp3) is 0.643. The molecule has 0 aromatic heterocycles. The quantitative estimate of drug-likeness (QED) is 0.785. The second-order valence-electron chi connectivity index (χ2n) is 5.41. The number of carbonyl (C=O) groups excluding carboxylic acids is 2. The molecule has 6 heteroatoms. The number of carbonyl (C=O) groups is 2. The van der Waals surface area contributed by atoms with Crippen LogP contribution in [0.2, 0.25) is 0 Å². The van der Waals surface area contributed by atoms with Crippen molar-refractivity contribution in [3.8, 4) is 0 Å². The van der Waals surface area contributed by atoms with Crippen LogP contribution < -0.4 is 0 Å². The number of piperidine rings is 1. The second-order valence-corrected chi connectivity index (χ2v) is 5.72. The van der Waals surface area contributed by atoms with Crippen LogP contribution >= 0.6 is 11.6 Å². The Labute approximate surface area is 124 Å². The summed E-state index contributed by atoms with van der Waals surface area (Å²) in [4.78, 5) is 26.8. The number of nitrogens with one attached hydrogen (secondary N) is 1. The molecule has 1 unspecified atom stereocenters. The van der Waals surface area contributed by atoms with Crippen molar-refractivity contribution in [1.82, 2.24) is 9.80 Å². The van der Waals surface area contributed by atoms with Gasteiger partial charge in [0.05, 0.1) is 0 Å². The molecule has 110 valence electrons. The van der Waals surface area contributed by atoms with Gasteiger partial charge in [-0.3, -0.25) is 19.9 Å². The van der Waals surface area contributed by atoms with Crippen LogP contribution in [0.4, 0.5) is 0 Å². The monoisotopic (exact) mass is 297 g/mol. The predicted molar refractivity (Wildman–Crippen MR) is 77.8 cm³/mol. The molecule has 2 rings (SSSR count). The summed E-state index contributed by atoms with van der Waals surface area (Å²) in [6.07, 6.45) is 3.45. The van der Waals surface area contributed by atoms with E-state index in [1.807, 2.05) is 11.0 Å². The van der Waals surface area contributed by atoms with E-state index in [0.29, 0.717) is 19.0 Å². The Morgan fingerprint density at radius 2 is 2.05 bits per heavy atom. The SMILES string of the molecule is CC(=O)N1CCC(C2=CC(CCl)C(=N)N(C)C2=O)CC1. The van der Waals surface area contributed by atoms with E-state index in [1.165, 1.54) is 4.90 Å². The van der Waals surface area contributed by atoms with Crippen molar-refractivity contribution in [3.05, 3.63) is 11.6 Å². The van der Waals surface area contributed by atoms with Gasteiger partial charge < -0.3 is 4.90 Å². The van der Waals surface area contributed by atoms with Gasteiger partial charge in [-0.05, 0) is 18.8 Å². The molecule has 0 aliphatic carbocycles. The van der Waals surface area contributed by atoms with Gasteiger partial charge in [0, 0.05) is 44.4 Å². The maximum absolute atomic E-state index is 12.3. The summed E-state index contributed by atoms with van der Waals surface area (Å²) in [5.41, 5.74) is 0.761. The first kappa shape index (κ1) is 15.0. The number of amidine groups is 1. The first-order valence-corrected chi connectivity index (χ1v) is 7.38. The Morgan fingerprint density at radius 3 is 2.55 bits per heavy atom. The van der Waals surface area contributed by atoms with E-state index in [4.69, 9.17) is 17.0 Å². The number of nitrogens with zero attached hydrogens (tertiary/aromatic N) is 2. The largest absolute Gasteiger partial charge is 0.343 e. The Morgan fingerprint density at radius 1 is 1.45 bits per heavy atom. The molecule has 2 aliphatic rings. The zero-order valence-corrected chi connectivity index (χ0v) is 12.6. The molecule has 2 amide bonds. The predicted octanol–water partition coefficient (Wildman–Crippen LogP) is 1.48. The van der Waals surface area contributed by atoms with Crippen LogP contribution in [0.5, 0.6) is 0 Å². The number of halogens is 1. The number of rotatable bonds is 2. The second kappa shape index (κ2) is 5.95. The van der Waals surface area contributed by atoms with Gasteiger partial charge in [0.15, 0.2) is 0 Å². The normalized spacial score (nSPS) is 24.9. The summed E-state index contributed by atoms with van der Waals surface area (Å²) in [7, 11) is 1.63. The van der Waals surface area contributed by atoms with Crippen molar-refractivity contribution in [3.63, 3.8) is 0 Å². The summed E-state index contributed by atoms with van der Waals surface area (Å²) in [6, 6.07) is 0. The lowest BCUT2D eigenvalue weighted by atomic mass is 9.84. The van der Waals surface area contributed by atoms with E-state index in [2.05, 4.69) is 0 Å². The van der Waals surface area contributed by atoms with Gasteiger partial charge in [0.25, 0.3) is 5.91 Å². The van der Waals surface area contributed by atoms with Crippen LogP contribution in [0, 0.1) is 17.2 Å². The zero-order chi connectivity index (χ0) is 14.9. The zero-order valence-electron chi connectivity index (χ0n) is 11.9. The van der Waals surface area contributed by atoms with E-state index in [1.54, 1.807) is 14.0 Å². The van der Waals surface area contributed by atoms with Gasteiger partial charge in [-0.25, -0.2) is 0 Å². The van der Waals surface area contributed by atoms with E-state index in [-0.39, 0.29) is 29.5 Å². The fourth-order valence-corrected chi connectivity index (χ4v) is 3.09. The minimum absolute atomic E-state index is 0.0879. The highest BCUT2D eigenvalue weighted by Crippen LogP contribution is 2.30. The standard InChI is InChI=1S/C14H20ClN3O2/c1-9(19)18-5-3-10(4-6-18)12-7-11(8-15)13(16)17(2)14(12)20/h7,10-11,16H,3-6,8H2,1-2H3. The van der Waals surface area contributed by atoms with Crippen LogP contribution in [0.15, 0.2) is 11.6 Å². The van der Waals surface area contributed by atoms with Crippen molar-refractivity contribution >= 4 is 29.3 Å². The van der Waals surface area contributed by atoms with E-state index < -0.39 is 0 Å². The Balaban J connectivity index is 2.14. The van der Waals surface area contributed by atoms with Crippen molar-refractivity contribution in [2.24, 2.45) is 11.8 Å². The Hall–Kier alpha value is -1.36. The molecular weight excluding hydrogens is 278 g/mol. The molecule has 0 bridgehead atoms. The third-order valence-electron chi connectivity index (χ3n) is 4.19. The van der Waals surface area contributed by atoms with Crippen LogP contribution in [0.25, 0.3) is 0 Å². The van der Waals surface area contributed by atoms with Crippen molar-refractivity contribution in [2.75, 3.05) is 26.0 Å². The number of likely N-dealkylation sites (N-methyl/N-ethyl adjacent to an activating group) is 1. The van der Waals surface area contributed by atoms with Gasteiger partial charge in [0.1, 0.15) is 5.84 Å². The molecule has 0 aromatic rings. The van der Waals surface area contributed by atoms with Crippen LogP contribution in [-0.4, -0.2) is 53.5 Å². The highest BCUT2D eigenvalue weighted by molar-refractivity contribution is 6.21. The Kier molecular flexibility index (Phi) is 4.48. The number of hydrogen-bond donors (Lipinski definition) is 1. The summed E-state index contributed by atoms with van der Waals surface area (Å²) in [5.74, 6) is 0.531. The minimum atomic E-state index is -0.194. The molecular formula is C14H20ClN3O2. The van der Waals surface area contributed by atoms with Crippen molar-refractivity contribution < 1.29 is 9.59 Å². The lowest BCUT2D eigenvalue weighted by molar-refractivity contribution is -0.130. The number of alkyl halides is 1. The topological polar surface area (TPSA) is 64.5 Å². The van der Waals surface area contributed by atoms with Gasteiger partial charge >= 0.3 is 0 Å². The molecule has 2 aliphatic heterocycles. The number of amides is 2. The number of hydrogen-bond acceptors (Lipinski definition) is 3. The van der Waals surface area contributed by atoms with Gasteiger partial charge in [-0.1, -0.05) is 6.08 Å². The van der Waals surface area contributed by atoms with Crippen molar-refractivity contribution in [2.45, 2.75) is 19.8 Å².